The van der Waals surface area contributed by atoms with Crippen molar-refractivity contribution in [2.75, 3.05) is 7.11 Å². The summed E-state index contributed by atoms with van der Waals surface area (Å²) < 4.78 is 5.11. The molecule has 0 saturated carbocycles. The van der Waals surface area contributed by atoms with Gasteiger partial charge in [-0.15, -0.1) is 11.3 Å². The Bertz CT molecular complexity index is 482. The molecule has 0 aliphatic heterocycles. The second kappa shape index (κ2) is 4.18. The highest BCUT2D eigenvalue weighted by atomic mass is 32.1. The lowest BCUT2D eigenvalue weighted by Gasteiger charge is -2.02. The topological polar surface area (TPSA) is 52.1 Å². The Morgan fingerprint density at radius 1 is 1.47 bits per heavy atom. The van der Waals surface area contributed by atoms with Crippen molar-refractivity contribution in [3.63, 3.8) is 0 Å². The molecule has 2 heterocycles. The number of rotatable bonds is 3. The molecule has 0 fully saturated rings. The molecule has 2 rings (SSSR count). The molecule has 15 heavy (non-hydrogen) atoms. The highest BCUT2D eigenvalue weighted by Gasteiger charge is 2.10. The Labute approximate surface area is 90.6 Å². The van der Waals surface area contributed by atoms with E-state index in [-0.39, 0.29) is 0 Å². The first-order chi connectivity index (χ1) is 7.35. The van der Waals surface area contributed by atoms with Crippen LogP contribution in [-0.4, -0.2) is 23.4 Å². The van der Waals surface area contributed by atoms with Crippen LogP contribution >= 0.6 is 11.3 Å². The monoisotopic (exact) mass is 220 g/mol. The van der Waals surface area contributed by atoms with Gasteiger partial charge in [0, 0.05) is 12.4 Å². The summed E-state index contributed by atoms with van der Waals surface area (Å²) in [6.07, 6.45) is 3.97. The summed E-state index contributed by atoms with van der Waals surface area (Å²) in [6, 6.07) is 3.67. The molecule has 76 valence electrons. The first-order valence-electron chi connectivity index (χ1n) is 4.25. The molecule has 0 N–H and O–H groups in total. The zero-order valence-corrected chi connectivity index (χ0v) is 8.82. The maximum absolute atomic E-state index is 10.5. The summed E-state index contributed by atoms with van der Waals surface area (Å²) >= 11 is 1.32. The summed E-state index contributed by atoms with van der Waals surface area (Å²) in [5.41, 5.74) is 0.804. The Kier molecular flexibility index (Phi) is 2.73. The minimum Gasteiger partial charge on any atom is -0.480 e. The number of carbonyl (C=O) groups excluding carboxylic acids is 1. The number of thiazole rings is 1. The highest BCUT2D eigenvalue weighted by molar-refractivity contribution is 7.16. The van der Waals surface area contributed by atoms with Gasteiger partial charge in [-0.3, -0.25) is 4.79 Å². The molecule has 0 unspecified atom stereocenters. The van der Waals surface area contributed by atoms with Gasteiger partial charge in [0.1, 0.15) is 5.01 Å². The van der Waals surface area contributed by atoms with Gasteiger partial charge in [-0.05, 0) is 12.1 Å². The summed E-state index contributed by atoms with van der Waals surface area (Å²) in [6.45, 7) is 0. The van der Waals surface area contributed by atoms with Gasteiger partial charge in [0.25, 0.3) is 0 Å². The van der Waals surface area contributed by atoms with Gasteiger partial charge < -0.3 is 4.74 Å². The van der Waals surface area contributed by atoms with E-state index in [1.54, 1.807) is 25.6 Å². The molecular weight excluding hydrogens is 212 g/mol. The van der Waals surface area contributed by atoms with Crippen molar-refractivity contribution in [1.82, 2.24) is 9.97 Å². The molecular formula is C10H8N2O2S. The fraction of sp³-hybridized carbons (Fsp3) is 0.100. The smallest absolute Gasteiger partial charge is 0.223 e. The summed E-state index contributed by atoms with van der Waals surface area (Å²) in [4.78, 5) is 19.3. The maximum Gasteiger partial charge on any atom is 0.223 e. The van der Waals surface area contributed by atoms with E-state index in [1.807, 2.05) is 6.07 Å². The number of hydrogen-bond donors (Lipinski definition) is 0. The van der Waals surface area contributed by atoms with Crippen LogP contribution in [0.1, 0.15) is 9.67 Å². The lowest BCUT2D eigenvalue weighted by molar-refractivity contribution is 0.112. The zero-order valence-electron chi connectivity index (χ0n) is 8.01. The molecule has 0 radical (unpaired) electrons. The number of aromatic nitrogens is 2. The number of methoxy groups -OCH3 is 1. The van der Waals surface area contributed by atoms with Gasteiger partial charge in [0.05, 0.1) is 17.6 Å². The average Bonchev–Trinajstić information content (AvgIpc) is 2.77. The highest BCUT2D eigenvalue weighted by Crippen LogP contribution is 2.30. The number of ether oxygens (including phenoxy) is 1. The van der Waals surface area contributed by atoms with Crippen LogP contribution < -0.4 is 4.74 Å². The summed E-state index contributed by atoms with van der Waals surface area (Å²) in [5, 5.41) is 0.738. The number of aldehydes is 1. The molecule has 0 spiro atoms. The largest absolute Gasteiger partial charge is 0.480 e. The van der Waals surface area contributed by atoms with Crippen molar-refractivity contribution in [2.45, 2.75) is 0 Å². The Hall–Kier alpha value is -1.75. The number of nitrogens with zero attached hydrogens (tertiary/aromatic N) is 2. The quantitative estimate of drug-likeness (QED) is 0.742. The van der Waals surface area contributed by atoms with Crippen LogP contribution in [-0.2, 0) is 0 Å². The standard InChI is InChI=1S/C10H8N2O2S/c1-14-9-8(3-2-4-11-9)10-12-5-7(6-13)15-10/h2-6H,1H3. The fourth-order valence-electron chi connectivity index (χ4n) is 1.18. The van der Waals surface area contributed by atoms with Crippen molar-refractivity contribution in [3.05, 3.63) is 29.4 Å². The molecule has 0 aliphatic rings. The Balaban J connectivity index is 2.48. The molecule has 0 bridgehead atoms. The number of carbonyl (C=O) groups is 1. The van der Waals surface area contributed by atoms with Crippen LogP contribution in [0.3, 0.4) is 0 Å². The van der Waals surface area contributed by atoms with Crippen LogP contribution in [0.5, 0.6) is 5.88 Å². The fourth-order valence-corrected chi connectivity index (χ4v) is 1.93. The maximum atomic E-state index is 10.5. The van der Waals surface area contributed by atoms with Crippen molar-refractivity contribution in [3.8, 4) is 16.5 Å². The molecule has 0 atom stereocenters. The van der Waals surface area contributed by atoms with Gasteiger partial charge in [-0.25, -0.2) is 9.97 Å². The molecule has 4 nitrogen and oxygen atoms in total. The molecule has 0 aromatic carbocycles. The second-order valence-electron chi connectivity index (χ2n) is 2.75. The first kappa shape index (κ1) is 9.79. The second-order valence-corrected chi connectivity index (χ2v) is 3.81. The minimum atomic E-state index is 0.518. The summed E-state index contributed by atoms with van der Waals surface area (Å²) in [5.74, 6) is 0.518. The third-order valence-electron chi connectivity index (χ3n) is 1.83. The van der Waals surface area contributed by atoms with E-state index in [0.717, 1.165) is 16.9 Å². The van der Waals surface area contributed by atoms with Crippen molar-refractivity contribution in [2.24, 2.45) is 0 Å². The van der Waals surface area contributed by atoms with Gasteiger partial charge in [-0.1, -0.05) is 0 Å². The Morgan fingerprint density at radius 2 is 2.33 bits per heavy atom. The minimum absolute atomic E-state index is 0.518. The molecule has 2 aromatic heterocycles. The lowest BCUT2D eigenvalue weighted by atomic mass is 10.3. The number of hydrogen-bond acceptors (Lipinski definition) is 5. The van der Waals surface area contributed by atoms with E-state index >= 15 is 0 Å². The third kappa shape index (κ3) is 1.87. The summed E-state index contributed by atoms with van der Waals surface area (Å²) in [7, 11) is 1.56. The van der Waals surface area contributed by atoms with E-state index in [9.17, 15) is 4.79 Å². The van der Waals surface area contributed by atoms with Crippen LogP contribution in [0, 0.1) is 0 Å². The van der Waals surface area contributed by atoms with E-state index < -0.39 is 0 Å². The molecule has 0 saturated heterocycles. The van der Waals surface area contributed by atoms with E-state index in [0.29, 0.717) is 10.8 Å². The van der Waals surface area contributed by atoms with E-state index in [2.05, 4.69) is 9.97 Å². The molecule has 5 heteroatoms. The van der Waals surface area contributed by atoms with Crippen molar-refractivity contribution >= 4 is 17.6 Å². The predicted octanol–water partition coefficient (Wildman–Crippen LogP) is 2.03. The molecule has 0 amide bonds. The normalized spacial score (nSPS) is 9.93. The SMILES string of the molecule is COc1ncccc1-c1ncc(C=O)s1. The van der Waals surface area contributed by atoms with Crippen LogP contribution in [0.2, 0.25) is 0 Å². The van der Waals surface area contributed by atoms with Crippen LogP contribution in [0.15, 0.2) is 24.5 Å². The number of pyridine rings is 1. The van der Waals surface area contributed by atoms with Gasteiger partial charge in [-0.2, -0.15) is 0 Å². The molecule has 0 aliphatic carbocycles. The van der Waals surface area contributed by atoms with Gasteiger partial charge in [0.2, 0.25) is 5.88 Å². The zero-order chi connectivity index (χ0) is 10.7. The Morgan fingerprint density at radius 3 is 3.00 bits per heavy atom. The molecule has 2 aromatic rings. The van der Waals surface area contributed by atoms with Crippen LogP contribution in [0.25, 0.3) is 10.6 Å². The first-order valence-corrected chi connectivity index (χ1v) is 5.07. The van der Waals surface area contributed by atoms with Crippen molar-refractivity contribution < 1.29 is 9.53 Å². The average molecular weight is 220 g/mol. The van der Waals surface area contributed by atoms with Crippen molar-refractivity contribution in [1.29, 1.82) is 0 Å². The predicted molar refractivity (Wildman–Crippen MR) is 57.3 cm³/mol. The van der Waals surface area contributed by atoms with Gasteiger partial charge in [0.15, 0.2) is 6.29 Å². The van der Waals surface area contributed by atoms with E-state index in [4.69, 9.17) is 4.74 Å². The van der Waals surface area contributed by atoms with E-state index in [1.165, 1.54) is 11.3 Å². The van der Waals surface area contributed by atoms with Gasteiger partial charge >= 0.3 is 0 Å². The third-order valence-corrected chi connectivity index (χ3v) is 2.79. The van der Waals surface area contributed by atoms with Crippen LogP contribution in [0.4, 0.5) is 0 Å². The lowest BCUT2D eigenvalue weighted by Crippen LogP contribution is -1.89.